The lowest BCUT2D eigenvalue weighted by Crippen LogP contribution is -2.26. The minimum absolute atomic E-state index is 0.0747. The second-order valence-corrected chi connectivity index (χ2v) is 5.39. The first-order valence-electron chi connectivity index (χ1n) is 7.56. The Kier molecular flexibility index (Phi) is 4.83. The van der Waals surface area contributed by atoms with Crippen LogP contribution < -0.4 is 5.32 Å². The molecule has 0 aliphatic rings. The van der Waals surface area contributed by atoms with Gasteiger partial charge in [-0.05, 0) is 42.5 Å². The van der Waals surface area contributed by atoms with E-state index in [4.69, 9.17) is 0 Å². The van der Waals surface area contributed by atoms with E-state index < -0.39 is 17.5 Å². The zero-order valence-electron chi connectivity index (χ0n) is 13.0. The fraction of sp³-hybridized carbons (Fsp3) is 0.111. The highest BCUT2D eigenvalue weighted by molar-refractivity contribution is 5.94. The number of nitrogens with zero attached hydrogens (tertiary/aromatic N) is 2. The van der Waals surface area contributed by atoms with Crippen molar-refractivity contribution in [2.75, 3.05) is 6.54 Å². The summed E-state index contributed by atoms with van der Waals surface area (Å²) in [6.45, 7) is 0.261. The lowest BCUT2D eigenvalue weighted by Gasteiger charge is -2.05. The van der Waals surface area contributed by atoms with Crippen LogP contribution in [0.25, 0.3) is 5.69 Å². The van der Waals surface area contributed by atoms with Gasteiger partial charge >= 0.3 is 0 Å². The van der Waals surface area contributed by atoms with E-state index in [9.17, 15) is 18.0 Å². The highest BCUT2D eigenvalue weighted by atomic mass is 19.1. The molecule has 25 heavy (non-hydrogen) atoms. The molecule has 128 valence electrons. The van der Waals surface area contributed by atoms with Gasteiger partial charge in [0.2, 0.25) is 0 Å². The first-order chi connectivity index (χ1) is 12.0. The molecule has 0 bridgehead atoms. The van der Waals surface area contributed by atoms with Gasteiger partial charge in [0.15, 0.2) is 0 Å². The van der Waals surface area contributed by atoms with Crippen LogP contribution in [-0.2, 0) is 6.42 Å². The van der Waals surface area contributed by atoms with E-state index in [2.05, 4.69) is 10.4 Å². The molecule has 1 aromatic heterocycles. The lowest BCUT2D eigenvalue weighted by atomic mass is 10.2. The predicted molar refractivity (Wildman–Crippen MR) is 85.9 cm³/mol. The highest BCUT2D eigenvalue weighted by Gasteiger charge is 2.09. The molecular weight excluding hydrogens is 331 g/mol. The number of nitrogens with one attached hydrogen (secondary N) is 1. The standard InChI is InChI=1S/C18H14F3N3O/c19-13-1-3-17(4-2-13)24-8-6-16(23-24)5-7-22-18(25)12-9-14(20)11-15(21)10-12/h1-4,6,8-11H,5,7H2,(H,22,25). The summed E-state index contributed by atoms with van der Waals surface area (Å²) < 4.78 is 40.7. The Balaban J connectivity index is 1.57. The molecule has 1 heterocycles. The summed E-state index contributed by atoms with van der Waals surface area (Å²) in [7, 11) is 0. The van der Waals surface area contributed by atoms with Crippen LogP contribution in [0.5, 0.6) is 0 Å². The maximum Gasteiger partial charge on any atom is 0.251 e. The van der Waals surface area contributed by atoms with E-state index in [0.717, 1.165) is 17.8 Å². The topological polar surface area (TPSA) is 46.9 Å². The molecule has 0 fully saturated rings. The van der Waals surface area contributed by atoms with Gasteiger partial charge in [0.25, 0.3) is 5.91 Å². The Morgan fingerprint density at radius 1 is 0.960 bits per heavy atom. The first kappa shape index (κ1) is 16.8. The molecule has 0 spiro atoms. The fourth-order valence-corrected chi connectivity index (χ4v) is 2.32. The molecule has 0 saturated heterocycles. The summed E-state index contributed by atoms with van der Waals surface area (Å²) in [6.07, 6.45) is 2.17. The van der Waals surface area contributed by atoms with Gasteiger partial charge in [-0.2, -0.15) is 5.10 Å². The molecule has 0 saturated carbocycles. The average molecular weight is 345 g/mol. The Hall–Kier alpha value is -3.09. The number of hydrogen-bond acceptors (Lipinski definition) is 2. The third-order valence-electron chi connectivity index (χ3n) is 3.53. The molecule has 0 aliphatic heterocycles. The van der Waals surface area contributed by atoms with Crippen molar-refractivity contribution >= 4 is 5.91 Å². The number of amides is 1. The van der Waals surface area contributed by atoms with Gasteiger partial charge in [-0.25, -0.2) is 17.9 Å². The van der Waals surface area contributed by atoms with E-state index in [1.807, 2.05) is 0 Å². The number of aromatic nitrogens is 2. The Morgan fingerprint density at radius 2 is 1.64 bits per heavy atom. The van der Waals surface area contributed by atoms with E-state index in [-0.39, 0.29) is 17.9 Å². The van der Waals surface area contributed by atoms with Crippen LogP contribution in [0.3, 0.4) is 0 Å². The molecular formula is C18H14F3N3O. The summed E-state index contributed by atoms with van der Waals surface area (Å²) >= 11 is 0. The van der Waals surface area contributed by atoms with Crippen LogP contribution in [0.4, 0.5) is 13.2 Å². The van der Waals surface area contributed by atoms with Gasteiger partial charge in [0.1, 0.15) is 17.5 Å². The van der Waals surface area contributed by atoms with Crippen molar-refractivity contribution in [1.29, 1.82) is 0 Å². The molecule has 2 aromatic carbocycles. The third-order valence-corrected chi connectivity index (χ3v) is 3.53. The minimum Gasteiger partial charge on any atom is -0.352 e. The first-order valence-corrected chi connectivity index (χ1v) is 7.56. The van der Waals surface area contributed by atoms with Gasteiger partial charge in [0, 0.05) is 30.8 Å². The van der Waals surface area contributed by atoms with Gasteiger partial charge in [-0.1, -0.05) is 0 Å². The average Bonchev–Trinajstić information content (AvgIpc) is 3.03. The molecule has 0 radical (unpaired) electrons. The number of benzene rings is 2. The van der Waals surface area contributed by atoms with E-state index in [0.29, 0.717) is 18.2 Å². The van der Waals surface area contributed by atoms with Gasteiger partial charge in [-0.15, -0.1) is 0 Å². The number of hydrogen-bond donors (Lipinski definition) is 1. The Bertz CT molecular complexity index is 871. The zero-order valence-corrected chi connectivity index (χ0v) is 13.0. The number of halogens is 3. The van der Waals surface area contributed by atoms with Crippen LogP contribution in [0.1, 0.15) is 16.1 Å². The lowest BCUT2D eigenvalue weighted by molar-refractivity contribution is 0.0953. The summed E-state index contributed by atoms with van der Waals surface area (Å²) in [6, 6.07) is 10.3. The van der Waals surface area contributed by atoms with Crippen LogP contribution in [0.15, 0.2) is 54.7 Å². The molecule has 1 N–H and O–H groups in total. The van der Waals surface area contributed by atoms with E-state index in [1.54, 1.807) is 29.1 Å². The molecule has 4 nitrogen and oxygen atoms in total. The number of rotatable bonds is 5. The minimum atomic E-state index is -0.803. The Labute approximate surface area is 141 Å². The monoisotopic (exact) mass is 345 g/mol. The van der Waals surface area contributed by atoms with E-state index in [1.165, 1.54) is 12.1 Å². The zero-order chi connectivity index (χ0) is 17.8. The fourth-order valence-electron chi connectivity index (χ4n) is 2.32. The van der Waals surface area contributed by atoms with Crippen molar-refractivity contribution in [2.24, 2.45) is 0 Å². The maximum atomic E-state index is 13.1. The summed E-state index contributed by atoms with van der Waals surface area (Å²) in [5.74, 6) is -2.49. The Morgan fingerprint density at radius 3 is 2.32 bits per heavy atom. The summed E-state index contributed by atoms with van der Waals surface area (Å²) in [5, 5.41) is 6.92. The SMILES string of the molecule is O=C(NCCc1ccn(-c2ccc(F)cc2)n1)c1cc(F)cc(F)c1. The smallest absolute Gasteiger partial charge is 0.251 e. The highest BCUT2D eigenvalue weighted by Crippen LogP contribution is 2.10. The molecule has 0 unspecified atom stereocenters. The van der Waals surface area contributed by atoms with Crippen molar-refractivity contribution in [1.82, 2.24) is 15.1 Å². The normalized spacial score (nSPS) is 10.7. The third kappa shape index (κ3) is 4.26. The second kappa shape index (κ2) is 7.21. The number of carbonyl (C=O) groups is 1. The van der Waals surface area contributed by atoms with Crippen molar-refractivity contribution in [3.63, 3.8) is 0 Å². The van der Waals surface area contributed by atoms with Gasteiger partial charge < -0.3 is 5.32 Å². The largest absolute Gasteiger partial charge is 0.352 e. The van der Waals surface area contributed by atoms with Crippen molar-refractivity contribution in [2.45, 2.75) is 6.42 Å². The second-order valence-electron chi connectivity index (χ2n) is 5.39. The number of carbonyl (C=O) groups excluding carboxylic acids is 1. The van der Waals surface area contributed by atoms with Crippen molar-refractivity contribution < 1.29 is 18.0 Å². The molecule has 0 atom stereocenters. The van der Waals surface area contributed by atoms with Crippen molar-refractivity contribution in [3.8, 4) is 5.69 Å². The van der Waals surface area contributed by atoms with Crippen LogP contribution in [-0.4, -0.2) is 22.2 Å². The summed E-state index contributed by atoms with van der Waals surface area (Å²) in [4.78, 5) is 11.9. The quantitative estimate of drug-likeness (QED) is 0.772. The molecule has 1 amide bonds. The molecule has 0 aliphatic carbocycles. The van der Waals surface area contributed by atoms with Gasteiger partial charge in [0.05, 0.1) is 11.4 Å². The molecule has 3 rings (SSSR count). The molecule has 7 heteroatoms. The van der Waals surface area contributed by atoms with Crippen LogP contribution >= 0.6 is 0 Å². The summed E-state index contributed by atoms with van der Waals surface area (Å²) in [5.41, 5.74) is 1.36. The van der Waals surface area contributed by atoms with Crippen LogP contribution in [0.2, 0.25) is 0 Å². The van der Waals surface area contributed by atoms with E-state index >= 15 is 0 Å². The van der Waals surface area contributed by atoms with Crippen molar-refractivity contribution in [3.05, 3.63) is 83.4 Å². The van der Waals surface area contributed by atoms with Crippen LogP contribution in [0, 0.1) is 17.5 Å². The predicted octanol–water partition coefficient (Wildman–Crippen LogP) is 3.26. The maximum absolute atomic E-state index is 13.1. The van der Waals surface area contributed by atoms with Gasteiger partial charge in [-0.3, -0.25) is 4.79 Å². The molecule has 3 aromatic rings.